The normalized spacial score (nSPS) is 16.9. The van der Waals surface area contributed by atoms with Gasteiger partial charge in [0.2, 0.25) is 0 Å². The zero-order chi connectivity index (χ0) is 14.4. The highest BCUT2D eigenvalue weighted by Gasteiger charge is 2.14. The summed E-state index contributed by atoms with van der Waals surface area (Å²) < 4.78 is 5.36. The topological polar surface area (TPSA) is 67.7 Å². The number of aliphatic imine (C=N–C) groups is 1. The van der Waals surface area contributed by atoms with Crippen molar-refractivity contribution >= 4 is 5.96 Å². The molecule has 1 fully saturated rings. The number of hydrogen-bond acceptors (Lipinski definition) is 3. The van der Waals surface area contributed by atoms with Crippen molar-refractivity contribution in [2.45, 2.75) is 58.4 Å². The van der Waals surface area contributed by atoms with Crippen molar-refractivity contribution in [1.82, 2.24) is 10.1 Å². The maximum atomic E-state index is 6.03. The molecule has 0 radical (unpaired) electrons. The second kappa shape index (κ2) is 7.31. The van der Waals surface area contributed by atoms with Crippen molar-refractivity contribution in [3.63, 3.8) is 0 Å². The van der Waals surface area contributed by atoms with Gasteiger partial charge in [-0.1, -0.05) is 19.0 Å². The molecule has 0 bridgehead atoms. The van der Waals surface area contributed by atoms with Crippen LogP contribution in [0.25, 0.3) is 0 Å². The Balaban J connectivity index is 1.92. The molecule has 2 rings (SSSR count). The molecule has 1 aromatic heterocycles. The second-order valence-electron chi connectivity index (χ2n) is 5.45. The molecule has 20 heavy (non-hydrogen) atoms. The van der Waals surface area contributed by atoms with Crippen molar-refractivity contribution in [2.75, 3.05) is 13.1 Å². The van der Waals surface area contributed by atoms with Crippen LogP contribution in [0.4, 0.5) is 0 Å². The average molecular weight is 278 g/mol. The molecule has 0 saturated carbocycles. The van der Waals surface area contributed by atoms with Gasteiger partial charge in [-0.05, 0) is 32.1 Å². The Kier molecular flexibility index (Phi) is 5.44. The van der Waals surface area contributed by atoms with Gasteiger partial charge in [0.1, 0.15) is 6.54 Å². The van der Waals surface area contributed by atoms with Crippen molar-refractivity contribution in [2.24, 2.45) is 10.7 Å². The highest BCUT2D eigenvalue weighted by atomic mass is 16.5. The van der Waals surface area contributed by atoms with E-state index >= 15 is 0 Å². The van der Waals surface area contributed by atoms with E-state index in [0.717, 1.165) is 37.4 Å². The van der Waals surface area contributed by atoms with E-state index in [-0.39, 0.29) is 0 Å². The summed E-state index contributed by atoms with van der Waals surface area (Å²) in [6.45, 7) is 6.87. The van der Waals surface area contributed by atoms with Gasteiger partial charge in [0, 0.05) is 25.1 Å². The SMILES string of the molecule is CCC(CC)c1cc(CN=C(N)N2CCCCC2)on1. The lowest BCUT2D eigenvalue weighted by atomic mass is 9.99. The maximum Gasteiger partial charge on any atom is 0.191 e. The molecule has 5 nitrogen and oxygen atoms in total. The van der Waals surface area contributed by atoms with Gasteiger partial charge in [-0.15, -0.1) is 0 Å². The zero-order valence-corrected chi connectivity index (χ0v) is 12.6. The number of piperidine rings is 1. The minimum atomic E-state index is 0.482. The van der Waals surface area contributed by atoms with Crippen LogP contribution < -0.4 is 5.73 Å². The van der Waals surface area contributed by atoms with Gasteiger partial charge >= 0.3 is 0 Å². The largest absolute Gasteiger partial charge is 0.370 e. The second-order valence-corrected chi connectivity index (χ2v) is 5.45. The van der Waals surface area contributed by atoms with E-state index in [1.54, 1.807) is 0 Å². The summed E-state index contributed by atoms with van der Waals surface area (Å²) in [6, 6.07) is 2.02. The van der Waals surface area contributed by atoms with Gasteiger partial charge < -0.3 is 15.2 Å². The Bertz CT molecular complexity index is 431. The summed E-state index contributed by atoms with van der Waals surface area (Å²) in [4.78, 5) is 6.58. The third-order valence-electron chi connectivity index (χ3n) is 4.06. The summed E-state index contributed by atoms with van der Waals surface area (Å²) in [5, 5.41) is 4.15. The molecule has 0 aliphatic carbocycles. The molecule has 2 heterocycles. The number of aromatic nitrogens is 1. The van der Waals surface area contributed by atoms with Crippen LogP contribution in [-0.2, 0) is 6.54 Å². The summed E-state index contributed by atoms with van der Waals surface area (Å²) in [7, 11) is 0. The molecule has 2 N–H and O–H groups in total. The fraction of sp³-hybridized carbons (Fsp3) is 0.733. The number of rotatable bonds is 5. The Morgan fingerprint density at radius 3 is 2.70 bits per heavy atom. The van der Waals surface area contributed by atoms with E-state index in [0.29, 0.717) is 18.4 Å². The molecule has 0 aromatic carbocycles. The van der Waals surface area contributed by atoms with Gasteiger partial charge in [0.15, 0.2) is 11.7 Å². The first-order valence-electron chi connectivity index (χ1n) is 7.75. The monoisotopic (exact) mass is 278 g/mol. The fourth-order valence-corrected chi connectivity index (χ4v) is 2.68. The highest BCUT2D eigenvalue weighted by Crippen LogP contribution is 2.22. The number of likely N-dealkylation sites (tertiary alicyclic amines) is 1. The molecule has 0 unspecified atom stereocenters. The number of hydrogen-bond donors (Lipinski definition) is 1. The quantitative estimate of drug-likeness (QED) is 0.664. The van der Waals surface area contributed by atoms with Crippen LogP contribution in [0.15, 0.2) is 15.6 Å². The molecule has 1 aliphatic rings. The standard InChI is InChI=1S/C15H26N4O/c1-3-12(4-2)14-10-13(20-18-14)11-17-15(16)19-8-6-5-7-9-19/h10,12H,3-9,11H2,1-2H3,(H2,16,17). The van der Waals surface area contributed by atoms with Gasteiger partial charge in [0.25, 0.3) is 0 Å². The molecular formula is C15H26N4O. The van der Waals surface area contributed by atoms with E-state index in [9.17, 15) is 0 Å². The van der Waals surface area contributed by atoms with Crippen molar-refractivity contribution in [3.05, 3.63) is 17.5 Å². The number of guanidine groups is 1. The summed E-state index contributed by atoms with van der Waals surface area (Å²) in [5.74, 6) is 1.91. The Hall–Kier alpha value is -1.52. The predicted molar refractivity (Wildman–Crippen MR) is 80.6 cm³/mol. The molecular weight excluding hydrogens is 252 g/mol. The highest BCUT2D eigenvalue weighted by molar-refractivity contribution is 5.78. The van der Waals surface area contributed by atoms with E-state index in [2.05, 4.69) is 28.9 Å². The van der Waals surface area contributed by atoms with Gasteiger partial charge in [-0.25, -0.2) is 4.99 Å². The van der Waals surface area contributed by atoms with E-state index < -0.39 is 0 Å². The third kappa shape index (κ3) is 3.74. The van der Waals surface area contributed by atoms with E-state index in [1.807, 2.05) is 6.07 Å². The minimum Gasteiger partial charge on any atom is -0.370 e. The molecule has 1 saturated heterocycles. The summed E-state index contributed by atoms with van der Waals surface area (Å²) in [5.41, 5.74) is 7.07. The molecule has 112 valence electrons. The van der Waals surface area contributed by atoms with Crippen LogP contribution >= 0.6 is 0 Å². The van der Waals surface area contributed by atoms with Crippen molar-refractivity contribution in [1.29, 1.82) is 0 Å². The summed E-state index contributed by atoms with van der Waals surface area (Å²) in [6.07, 6.45) is 5.88. The average Bonchev–Trinajstić information content (AvgIpc) is 2.96. The van der Waals surface area contributed by atoms with Gasteiger partial charge in [-0.3, -0.25) is 0 Å². The first-order chi connectivity index (χ1) is 9.74. The first kappa shape index (κ1) is 14.9. The lowest BCUT2D eigenvalue weighted by Crippen LogP contribution is -2.40. The number of nitrogens with two attached hydrogens (primary N) is 1. The van der Waals surface area contributed by atoms with Crippen LogP contribution in [0, 0.1) is 0 Å². The van der Waals surface area contributed by atoms with Crippen LogP contribution in [0.5, 0.6) is 0 Å². The lowest BCUT2D eigenvalue weighted by Gasteiger charge is -2.27. The third-order valence-corrected chi connectivity index (χ3v) is 4.06. The minimum absolute atomic E-state index is 0.482. The molecule has 0 amide bonds. The fourth-order valence-electron chi connectivity index (χ4n) is 2.68. The molecule has 0 spiro atoms. The van der Waals surface area contributed by atoms with Crippen molar-refractivity contribution < 1.29 is 4.52 Å². The van der Waals surface area contributed by atoms with Crippen LogP contribution in [0.2, 0.25) is 0 Å². The van der Waals surface area contributed by atoms with Crippen molar-refractivity contribution in [3.8, 4) is 0 Å². The molecule has 5 heteroatoms. The molecule has 0 atom stereocenters. The molecule has 1 aromatic rings. The number of nitrogens with zero attached hydrogens (tertiary/aromatic N) is 3. The first-order valence-corrected chi connectivity index (χ1v) is 7.75. The van der Waals surface area contributed by atoms with Crippen LogP contribution in [0.1, 0.15) is 63.3 Å². The Labute approximate surface area is 121 Å². The van der Waals surface area contributed by atoms with Crippen LogP contribution in [-0.4, -0.2) is 29.1 Å². The predicted octanol–water partition coefficient (Wildman–Crippen LogP) is 2.88. The van der Waals surface area contributed by atoms with Gasteiger partial charge in [-0.2, -0.15) is 0 Å². The zero-order valence-electron chi connectivity index (χ0n) is 12.6. The summed E-state index contributed by atoms with van der Waals surface area (Å²) >= 11 is 0. The smallest absolute Gasteiger partial charge is 0.191 e. The van der Waals surface area contributed by atoms with E-state index in [4.69, 9.17) is 10.3 Å². The maximum absolute atomic E-state index is 6.03. The van der Waals surface area contributed by atoms with Gasteiger partial charge in [0.05, 0.1) is 5.69 Å². The lowest BCUT2D eigenvalue weighted by molar-refractivity contribution is 0.336. The van der Waals surface area contributed by atoms with Crippen LogP contribution in [0.3, 0.4) is 0 Å². The van der Waals surface area contributed by atoms with E-state index in [1.165, 1.54) is 19.3 Å². The Morgan fingerprint density at radius 1 is 1.35 bits per heavy atom. The Morgan fingerprint density at radius 2 is 2.05 bits per heavy atom. The molecule has 1 aliphatic heterocycles.